The first-order chi connectivity index (χ1) is 13.6. The second-order valence-corrected chi connectivity index (χ2v) is 8.13. The summed E-state index contributed by atoms with van der Waals surface area (Å²) < 4.78 is 0. The summed E-state index contributed by atoms with van der Waals surface area (Å²) in [5.74, 6) is -0.170. The van der Waals surface area contributed by atoms with Crippen molar-refractivity contribution < 1.29 is 4.79 Å². The fraction of sp³-hybridized carbons (Fsp3) is 0.300. The molecule has 2 aliphatic heterocycles. The third kappa shape index (κ3) is 3.70. The van der Waals surface area contributed by atoms with Gasteiger partial charge in [-0.3, -0.25) is 10.2 Å². The van der Waals surface area contributed by atoms with Gasteiger partial charge in [-0.05, 0) is 24.5 Å². The lowest BCUT2D eigenvalue weighted by Crippen LogP contribution is -2.71. The first-order valence-corrected chi connectivity index (χ1v) is 10.7. The molecule has 6 nitrogen and oxygen atoms in total. The van der Waals surface area contributed by atoms with Crippen molar-refractivity contribution in [3.63, 3.8) is 0 Å². The van der Waals surface area contributed by atoms with E-state index >= 15 is 0 Å². The number of anilines is 1. The third-order valence-electron chi connectivity index (χ3n) is 5.06. The summed E-state index contributed by atoms with van der Waals surface area (Å²) in [4.78, 5) is 17.3. The van der Waals surface area contributed by atoms with Gasteiger partial charge in [0.2, 0.25) is 5.12 Å². The van der Waals surface area contributed by atoms with Gasteiger partial charge in [0.05, 0.1) is 0 Å². The molecule has 28 heavy (non-hydrogen) atoms. The molecule has 0 aliphatic carbocycles. The number of nitrogens with zero attached hydrogens (tertiary/aromatic N) is 3. The number of carbonyl (C=O) groups is 1. The molecule has 2 aromatic carbocycles. The lowest BCUT2D eigenvalue weighted by Gasteiger charge is -2.47. The Morgan fingerprint density at radius 1 is 1.07 bits per heavy atom. The first kappa shape index (κ1) is 19.1. The van der Waals surface area contributed by atoms with Crippen molar-refractivity contribution in [2.75, 3.05) is 37.3 Å². The van der Waals surface area contributed by atoms with Gasteiger partial charge in [-0.1, -0.05) is 59.8 Å². The fourth-order valence-electron chi connectivity index (χ4n) is 3.54. The van der Waals surface area contributed by atoms with Gasteiger partial charge in [0.25, 0.3) is 5.91 Å². The Morgan fingerprint density at radius 2 is 1.82 bits per heavy atom. The number of carbonyl (C=O) groups excluding carboxylic acids is 1. The van der Waals surface area contributed by atoms with Gasteiger partial charge in [0.15, 0.2) is 5.71 Å². The average Bonchev–Trinajstić information content (AvgIpc) is 2.74. The predicted molar refractivity (Wildman–Crippen MR) is 116 cm³/mol. The molecular formula is C20H22ClN5OS. The number of amides is 1. The number of benzene rings is 2. The van der Waals surface area contributed by atoms with Gasteiger partial charge in [-0.25, -0.2) is 4.90 Å². The van der Waals surface area contributed by atoms with E-state index in [1.54, 1.807) is 0 Å². The summed E-state index contributed by atoms with van der Waals surface area (Å²) in [6, 6.07) is 17.4. The van der Waals surface area contributed by atoms with E-state index < -0.39 is 5.12 Å². The van der Waals surface area contributed by atoms with Crippen molar-refractivity contribution in [3.05, 3.63) is 65.2 Å². The highest BCUT2D eigenvalue weighted by Crippen LogP contribution is 2.28. The number of hydrogen-bond donors (Lipinski definition) is 2. The van der Waals surface area contributed by atoms with E-state index in [1.165, 1.54) is 11.8 Å². The van der Waals surface area contributed by atoms with Gasteiger partial charge >= 0.3 is 0 Å². The molecular weight excluding hydrogens is 394 g/mol. The molecule has 0 saturated carbocycles. The molecule has 1 saturated heterocycles. The van der Waals surface area contributed by atoms with E-state index in [4.69, 9.17) is 11.6 Å². The van der Waals surface area contributed by atoms with Gasteiger partial charge in [0.1, 0.15) is 0 Å². The molecule has 0 aromatic heterocycles. The van der Waals surface area contributed by atoms with Crippen LogP contribution in [0.5, 0.6) is 0 Å². The molecule has 0 spiro atoms. The van der Waals surface area contributed by atoms with Crippen LogP contribution in [0.15, 0.2) is 59.7 Å². The average molecular weight is 416 g/mol. The zero-order valence-corrected chi connectivity index (χ0v) is 17.1. The van der Waals surface area contributed by atoms with Crippen LogP contribution < -0.4 is 15.6 Å². The number of nitrogens with one attached hydrogen (secondary N) is 2. The standard InChI is InChI=1S/C20H22ClN5OS/c1-28-20(22-19(27)18(23-24-20)15-6-3-2-4-7-15)26-12-10-25(11-13-26)17-9-5-8-16(21)14-17/h2-9,14,24H,10-13H2,1H3,(H,22,27)/t20-/m0/s1. The molecule has 0 unspecified atom stereocenters. The number of hydrogen-bond acceptors (Lipinski definition) is 6. The van der Waals surface area contributed by atoms with E-state index in [1.807, 2.05) is 54.8 Å². The second kappa shape index (κ2) is 8.03. The maximum atomic E-state index is 12.8. The lowest BCUT2D eigenvalue weighted by molar-refractivity contribution is -0.118. The van der Waals surface area contributed by atoms with Crippen molar-refractivity contribution in [2.24, 2.45) is 5.10 Å². The van der Waals surface area contributed by atoms with Crippen LogP contribution in [-0.4, -0.2) is 54.1 Å². The van der Waals surface area contributed by atoms with Crippen LogP contribution in [0.25, 0.3) is 0 Å². The summed E-state index contributed by atoms with van der Waals surface area (Å²) in [6.07, 6.45) is 1.97. The minimum absolute atomic E-state index is 0.170. The summed E-state index contributed by atoms with van der Waals surface area (Å²) in [5, 5.41) is 7.56. The zero-order chi connectivity index (χ0) is 19.6. The minimum Gasteiger partial charge on any atom is -0.369 e. The molecule has 8 heteroatoms. The Bertz CT molecular complexity index is 885. The highest BCUT2D eigenvalue weighted by atomic mass is 35.5. The summed E-state index contributed by atoms with van der Waals surface area (Å²) in [5.41, 5.74) is 5.53. The minimum atomic E-state index is -0.740. The van der Waals surface area contributed by atoms with Gasteiger partial charge in [0, 0.05) is 42.5 Å². The normalized spacial score (nSPS) is 23.0. The van der Waals surface area contributed by atoms with E-state index in [2.05, 4.69) is 31.7 Å². The number of rotatable bonds is 4. The molecule has 0 radical (unpaired) electrons. The number of halogens is 1. The van der Waals surface area contributed by atoms with Crippen LogP contribution >= 0.6 is 23.4 Å². The maximum Gasteiger partial charge on any atom is 0.275 e. The highest BCUT2D eigenvalue weighted by molar-refractivity contribution is 7.99. The van der Waals surface area contributed by atoms with Crippen LogP contribution in [0.4, 0.5) is 5.69 Å². The number of hydrazone groups is 1. The Balaban J connectivity index is 1.48. The molecule has 2 N–H and O–H groups in total. The van der Waals surface area contributed by atoms with E-state index in [-0.39, 0.29) is 5.91 Å². The molecule has 4 rings (SSSR count). The summed E-state index contributed by atoms with van der Waals surface area (Å²) in [7, 11) is 0. The first-order valence-electron chi connectivity index (χ1n) is 9.15. The fourth-order valence-corrected chi connectivity index (χ4v) is 4.50. The maximum absolute atomic E-state index is 12.8. The smallest absolute Gasteiger partial charge is 0.275 e. The van der Waals surface area contributed by atoms with Crippen LogP contribution in [0.1, 0.15) is 5.56 Å². The predicted octanol–water partition coefficient (Wildman–Crippen LogP) is 2.56. The van der Waals surface area contributed by atoms with Crippen molar-refractivity contribution >= 4 is 40.7 Å². The van der Waals surface area contributed by atoms with E-state index in [9.17, 15) is 4.79 Å². The van der Waals surface area contributed by atoms with Gasteiger partial charge in [-0.2, -0.15) is 5.10 Å². The number of piperazine rings is 1. The Hall–Kier alpha value is -2.22. The Labute approximate surface area is 173 Å². The molecule has 1 fully saturated rings. The molecule has 2 aliphatic rings. The molecule has 2 aromatic rings. The molecule has 146 valence electrons. The van der Waals surface area contributed by atoms with Crippen molar-refractivity contribution in [2.45, 2.75) is 5.12 Å². The molecule has 2 heterocycles. The molecule has 1 amide bonds. The number of thioether (sulfide) groups is 1. The van der Waals surface area contributed by atoms with Crippen molar-refractivity contribution in [1.29, 1.82) is 0 Å². The Morgan fingerprint density at radius 3 is 2.46 bits per heavy atom. The monoisotopic (exact) mass is 415 g/mol. The van der Waals surface area contributed by atoms with Gasteiger partial charge in [-0.15, -0.1) is 0 Å². The summed E-state index contributed by atoms with van der Waals surface area (Å²) in [6.45, 7) is 3.26. The topological polar surface area (TPSA) is 60.0 Å². The zero-order valence-electron chi connectivity index (χ0n) is 15.6. The van der Waals surface area contributed by atoms with Crippen molar-refractivity contribution in [1.82, 2.24) is 15.6 Å². The Kier molecular flexibility index (Phi) is 5.48. The van der Waals surface area contributed by atoms with Crippen LogP contribution in [0, 0.1) is 0 Å². The van der Waals surface area contributed by atoms with Crippen LogP contribution in [0.3, 0.4) is 0 Å². The van der Waals surface area contributed by atoms with E-state index in [0.717, 1.165) is 42.5 Å². The molecule has 1 atom stereocenters. The van der Waals surface area contributed by atoms with Gasteiger partial charge < -0.3 is 10.2 Å². The third-order valence-corrected chi connectivity index (χ3v) is 6.34. The van der Waals surface area contributed by atoms with Crippen molar-refractivity contribution in [3.8, 4) is 0 Å². The quantitative estimate of drug-likeness (QED) is 0.803. The van der Waals surface area contributed by atoms with E-state index in [0.29, 0.717) is 5.71 Å². The SMILES string of the molecule is CS[C@]1(N2CCN(c3cccc(Cl)c3)CC2)NN=C(c2ccccc2)C(=O)N1. The largest absolute Gasteiger partial charge is 0.369 e. The highest BCUT2D eigenvalue weighted by Gasteiger charge is 2.43. The summed E-state index contributed by atoms with van der Waals surface area (Å²) >= 11 is 7.66. The van der Waals surface area contributed by atoms with Crippen LogP contribution in [-0.2, 0) is 4.79 Å². The molecule has 0 bridgehead atoms. The second-order valence-electron chi connectivity index (χ2n) is 6.69. The van der Waals surface area contributed by atoms with Crippen LogP contribution in [0.2, 0.25) is 5.02 Å². The lowest BCUT2D eigenvalue weighted by atomic mass is 10.1.